The topological polar surface area (TPSA) is 119 Å². The zero-order valence-electron chi connectivity index (χ0n) is 17.0. The van der Waals surface area contributed by atoms with E-state index in [9.17, 15) is 22.8 Å². The second-order valence-electron chi connectivity index (χ2n) is 6.70. The number of nitrogen functional groups attached to an aromatic ring is 1. The first-order valence-electron chi connectivity index (χ1n) is 9.15. The van der Waals surface area contributed by atoms with Crippen molar-refractivity contribution < 1.29 is 27.2 Å². The Bertz CT molecular complexity index is 1130. The third kappa shape index (κ3) is 5.22. The lowest BCUT2D eigenvalue weighted by Gasteiger charge is -2.18. The van der Waals surface area contributed by atoms with Gasteiger partial charge >= 0.3 is 6.18 Å². The molecule has 3 N–H and O–H groups in total. The van der Waals surface area contributed by atoms with E-state index in [2.05, 4.69) is 15.5 Å². The summed E-state index contributed by atoms with van der Waals surface area (Å²) < 4.78 is 45.6. The number of nitrogens with zero attached hydrogens (tertiary/aromatic N) is 4. The Hall–Kier alpha value is -3.48. The summed E-state index contributed by atoms with van der Waals surface area (Å²) >= 11 is 1.01. The summed E-state index contributed by atoms with van der Waals surface area (Å²) in [5, 5.41) is 10.4. The van der Waals surface area contributed by atoms with Gasteiger partial charge in [-0.05, 0) is 25.1 Å². The molecule has 3 aromatic rings. The van der Waals surface area contributed by atoms with Crippen LogP contribution in [0.15, 0.2) is 46.2 Å². The molecular weight excluding hydrogens is 449 g/mol. The van der Waals surface area contributed by atoms with E-state index in [-0.39, 0.29) is 16.6 Å². The molecule has 13 heteroatoms. The summed E-state index contributed by atoms with van der Waals surface area (Å²) in [6, 6.07) is 6.29. The number of rotatable bonds is 7. The van der Waals surface area contributed by atoms with Crippen molar-refractivity contribution in [2.45, 2.75) is 18.3 Å². The lowest BCUT2D eigenvalue weighted by molar-refractivity contribution is -0.137. The number of benzene rings is 1. The van der Waals surface area contributed by atoms with Crippen LogP contribution >= 0.6 is 11.8 Å². The zero-order valence-corrected chi connectivity index (χ0v) is 17.8. The van der Waals surface area contributed by atoms with Gasteiger partial charge in [-0.2, -0.15) is 13.2 Å². The summed E-state index contributed by atoms with van der Waals surface area (Å²) in [6.45, 7) is 1.31. The SMILES string of the molecule is Cc1occc1-c1nnc(SCC(=O)N(C)CC(=O)Nc2ccccc2C(F)(F)F)n1N. The molecule has 3 rings (SSSR count). The van der Waals surface area contributed by atoms with E-state index in [1.165, 1.54) is 30.1 Å². The molecule has 2 heterocycles. The second kappa shape index (κ2) is 9.34. The molecule has 2 aromatic heterocycles. The maximum absolute atomic E-state index is 13.1. The molecule has 0 fully saturated rings. The van der Waals surface area contributed by atoms with E-state index < -0.39 is 30.1 Å². The number of para-hydroxylation sites is 1. The Kier molecular flexibility index (Phi) is 6.77. The molecule has 0 aliphatic rings. The van der Waals surface area contributed by atoms with Crippen molar-refractivity contribution in [3.8, 4) is 11.4 Å². The average Bonchev–Trinajstić information content (AvgIpc) is 3.30. The van der Waals surface area contributed by atoms with Crippen molar-refractivity contribution in [1.82, 2.24) is 19.8 Å². The Morgan fingerprint density at radius 1 is 1.25 bits per heavy atom. The van der Waals surface area contributed by atoms with Crippen LogP contribution in [-0.4, -0.2) is 50.9 Å². The predicted octanol–water partition coefficient (Wildman–Crippen LogP) is 2.77. The first-order valence-corrected chi connectivity index (χ1v) is 10.1. The number of anilines is 1. The van der Waals surface area contributed by atoms with E-state index in [0.29, 0.717) is 17.1 Å². The average molecular weight is 468 g/mol. The Morgan fingerprint density at radius 2 is 1.97 bits per heavy atom. The third-order valence-corrected chi connectivity index (χ3v) is 5.33. The molecule has 170 valence electrons. The van der Waals surface area contributed by atoms with Gasteiger partial charge in [0, 0.05) is 7.05 Å². The lowest BCUT2D eigenvalue weighted by atomic mass is 10.1. The van der Waals surface area contributed by atoms with Crippen molar-refractivity contribution >= 4 is 29.3 Å². The molecule has 0 aliphatic heterocycles. The Labute approximate surface area is 184 Å². The van der Waals surface area contributed by atoms with E-state index in [0.717, 1.165) is 28.8 Å². The van der Waals surface area contributed by atoms with Gasteiger partial charge in [0.25, 0.3) is 0 Å². The molecule has 32 heavy (non-hydrogen) atoms. The molecule has 0 saturated carbocycles. The predicted molar refractivity (Wildman–Crippen MR) is 111 cm³/mol. The van der Waals surface area contributed by atoms with Crippen LogP contribution in [0.2, 0.25) is 0 Å². The molecule has 0 atom stereocenters. The number of hydrogen-bond acceptors (Lipinski definition) is 7. The number of amides is 2. The van der Waals surface area contributed by atoms with Crippen LogP contribution in [0.4, 0.5) is 18.9 Å². The molecule has 9 nitrogen and oxygen atoms in total. The number of carbonyl (C=O) groups is 2. The number of thioether (sulfide) groups is 1. The van der Waals surface area contributed by atoms with Crippen LogP contribution in [0.5, 0.6) is 0 Å². The molecule has 0 aliphatic carbocycles. The van der Waals surface area contributed by atoms with E-state index >= 15 is 0 Å². The molecule has 1 aromatic carbocycles. The Morgan fingerprint density at radius 3 is 2.62 bits per heavy atom. The number of likely N-dealkylation sites (N-methyl/N-ethyl adjacent to an activating group) is 1. The number of hydrogen-bond donors (Lipinski definition) is 2. The number of furan rings is 1. The minimum absolute atomic E-state index is 0.109. The van der Waals surface area contributed by atoms with Gasteiger partial charge in [-0.3, -0.25) is 9.59 Å². The zero-order chi connectivity index (χ0) is 23.5. The molecule has 0 radical (unpaired) electrons. The number of nitrogens with one attached hydrogen (secondary N) is 1. The molecule has 0 unspecified atom stereocenters. The number of aryl methyl sites for hydroxylation is 1. The molecule has 2 amide bonds. The van der Waals surface area contributed by atoms with Crippen molar-refractivity contribution in [2.75, 3.05) is 30.5 Å². The maximum atomic E-state index is 13.1. The van der Waals surface area contributed by atoms with Crippen LogP contribution in [0.1, 0.15) is 11.3 Å². The largest absolute Gasteiger partial charge is 0.469 e. The van der Waals surface area contributed by atoms with Gasteiger partial charge in [-0.25, -0.2) is 4.68 Å². The van der Waals surface area contributed by atoms with E-state index in [1.807, 2.05) is 0 Å². The second-order valence-corrected chi connectivity index (χ2v) is 7.64. The fourth-order valence-corrected chi connectivity index (χ4v) is 3.54. The van der Waals surface area contributed by atoms with Gasteiger partial charge in [-0.1, -0.05) is 23.9 Å². The minimum Gasteiger partial charge on any atom is -0.469 e. The highest BCUT2D eigenvalue weighted by atomic mass is 32.2. The van der Waals surface area contributed by atoms with E-state index in [1.54, 1.807) is 13.0 Å². The molecule has 0 saturated heterocycles. The maximum Gasteiger partial charge on any atom is 0.418 e. The summed E-state index contributed by atoms with van der Waals surface area (Å²) in [5.41, 5.74) is -0.687. The van der Waals surface area contributed by atoms with Gasteiger partial charge < -0.3 is 20.5 Å². The highest BCUT2D eigenvalue weighted by molar-refractivity contribution is 7.99. The van der Waals surface area contributed by atoms with Crippen molar-refractivity contribution in [1.29, 1.82) is 0 Å². The first kappa shape index (κ1) is 23.2. The quantitative estimate of drug-likeness (QED) is 0.404. The van der Waals surface area contributed by atoms with Crippen molar-refractivity contribution in [3.63, 3.8) is 0 Å². The molecular formula is C19H19F3N6O3S. The van der Waals surface area contributed by atoms with Gasteiger partial charge in [0.2, 0.25) is 17.0 Å². The van der Waals surface area contributed by atoms with Crippen LogP contribution < -0.4 is 11.2 Å². The van der Waals surface area contributed by atoms with Gasteiger partial charge in [0.15, 0.2) is 5.82 Å². The fourth-order valence-electron chi connectivity index (χ4n) is 2.75. The standard InChI is InChI=1S/C19H19F3N6O3S/c1-11-12(7-8-31-11)17-25-26-18(28(17)23)32-10-16(30)27(2)9-15(29)24-14-6-4-3-5-13(14)19(20,21)22/h3-8H,9-10,23H2,1-2H3,(H,24,29). The number of halogens is 3. The van der Waals surface area contributed by atoms with Crippen LogP contribution in [0.25, 0.3) is 11.4 Å². The van der Waals surface area contributed by atoms with Gasteiger partial charge in [0.1, 0.15) is 5.76 Å². The summed E-state index contributed by atoms with van der Waals surface area (Å²) in [4.78, 5) is 25.6. The number of nitrogens with two attached hydrogens (primary N) is 1. The van der Waals surface area contributed by atoms with Gasteiger partial charge in [-0.15, -0.1) is 10.2 Å². The summed E-state index contributed by atoms with van der Waals surface area (Å²) in [5.74, 6) is 5.64. The van der Waals surface area contributed by atoms with Gasteiger partial charge in [0.05, 0.1) is 35.4 Å². The first-order chi connectivity index (χ1) is 15.1. The number of alkyl halides is 3. The highest BCUT2D eigenvalue weighted by Crippen LogP contribution is 2.34. The minimum atomic E-state index is -4.62. The van der Waals surface area contributed by atoms with Crippen LogP contribution in [0, 0.1) is 6.92 Å². The normalized spacial score (nSPS) is 11.4. The lowest BCUT2D eigenvalue weighted by Crippen LogP contribution is -2.36. The van der Waals surface area contributed by atoms with E-state index in [4.69, 9.17) is 10.3 Å². The fraction of sp³-hybridized carbons (Fsp3) is 0.263. The molecule has 0 spiro atoms. The number of carbonyl (C=O) groups excluding carboxylic acids is 2. The highest BCUT2D eigenvalue weighted by Gasteiger charge is 2.33. The van der Waals surface area contributed by atoms with Crippen LogP contribution in [-0.2, 0) is 15.8 Å². The summed E-state index contributed by atoms with van der Waals surface area (Å²) in [6.07, 6.45) is -3.13. The number of aromatic nitrogens is 3. The van der Waals surface area contributed by atoms with Crippen molar-refractivity contribution in [3.05, 3.63) is 47.9 Å². The third-order valence-electron chi connectivity index (χ3n) is 4.40. The Balaban J connectivity index is 1.57. The summed E-state index contributed by atoms with van der Waals surface area (Å²) in [7, 11) is 1.37. The monoisotopic (exact) mass is 468 g/mol. The molecule has 0 bridgehead atoms. The van der Waals surface area contributed by atoms with Crippen LogP contribution in [0.3, 0.4) is 0 Å². The smallest absolute Gasteiger partial charge is 0.418 e. The van der Waals surface area contributed by atoms with Crippen molar-refractivity contribution in [2.24, 2.45) is 0 Å².